The van der Waals surface area contributed by atoms with E-state index < -0.39 is 0 Å². The third-order valence-electron chi connectivity index (χ3n) is 4.85. The molecule has 1 aromatic heterocycles. The Kier molecular flexibility index (Phi) is 1.88. The Hall–Kier alpha value is -1.37. The van der Waals surface area contributed by atoms with Crippen molar-refractivity contribution >= 4 is 10.9 Å². The van der Waals surface area contributed by atoms with Gasteiger partial charge in [-0.3, -0.25) is 4.98 Å². The Bertz CT molecular complexity index is 565. The van der Waals surface area contributed by atoms with Crippen molar-refractivity contribution in [2.75, 3.05) is 0 Å². The molecule has 1 aromatic carbocycles. The fourth-order valence-corrected chi connectivity index (χ4v) is 3.41. The summed E-state index contributed by atoms with van der Waals surface area (Å²) in [5.41, 5.74) is 3.26. The molecule has 86 valence electrons. The minimum absolute atomic E-state index is 0.558. The lowest BCUT2D eigenvalue weighted by molar-refractivity contribution is 0.245. The Balaban J connectivity index is 1.80. The van der Waals surface area contributed by atoms with Crippen LogP contribution in [-0.4, -0.2) is 4.98 Å². The molecule has 0 aliphatic heterocycles. The molecule has 2 aliphatic carbocycles. The predicted molar refractivity (Wildman–Crippen MR) is 70.0 cm³/mol. The van der Waals surface area contributed by atoms with Crippen molar-refractivity contribution in [1.82, 2.24) is 4.98 Å². The van der Waals surface area contributed by atoms with E-state index in [1.54, 1.807) is 5.56 Å². The van der Waals surface area contributed by atoms with Crippen LogP contribution in [0.5, 0.6) is 0 Å². The van der Waals surface area contributed by atoms with Gasteiger partial charge in [0.15, 0.2) is 0 Å². The van der Waals surface area contributed by atoms with Crippen LogP contribution in [0, 0.1) is 5.92 Å². The van der Waals surface area contributed by atoms with Gasteiger partial charge in [0.1, 0.15) is 0 Å². The van der Waals surface area contributed by atoms with Gasteiger partial charge in [-0.2, -0.15) is 0 Å². The number of nitrogens with zero attached hydrogens (tertiary/aromatic N) is 1. The van der Waals surface area contributed by atoms with Crippen molar-refractivity contribution in [1.29, 1.82) is 0 Å². The van der Waals surface area contributed by atoms with Gasteiger partial charge in [0.2, 0.25) is 0 Å². The first-order valence-electron chi connectivity index (χ1n) is 6.74. The molecule has 2 aliphatic rings. The molecule has 1 heteroatoms. The molecule has 0 atom stereocenters. The zero-order valence-electron chi connectivity index (χ0n) is 10.0. The summed E-state index contributed by atoms with van der Waals surface area (Å²) in [6.45, 7) is 0. The number of aromatic nitrogens is 1. The Morgan fingerprint density at radius 2 is 2.00 bits per heavy atom. The maximum Gasteiger partial charge on any atom is 0.0702 e. The lowest BCUT2D eigenvalue weighted by Gasteiger charge is -2.34. The highest BCUT2D eigenvalue weighted by Gasteiger charge is 2.51. The van der Waals surface area contributed by atoms with Gasteiger partial charge in [0.05, 0.1) is 5.52 Å². The SMILES string of the molecule is c1cnc2ccc(C3(C4CCC4)CC3)cc2c1. The average Bonchev–Trinajstić information content (AvgIpc) is 3.08. The Morgan fingerprint density at radius 3 is 2.71 bits per heavy atom. The molecule has 0 spiro atoms. The van der Waals surface area contributed by atoms with E-state index in [0.29, 0.717) is 5.41 Å². The predicted octanol–water partition coefficient (Wildman–Crippen LogP) is 4.07. The first-order valence-corrected chi connectivity index (χ1v) is 6.74. The van der Waals surface area contributed by atoms with Gasteiger partial charge in [-0.25, -0.2) is 0 Å². The van der Waals surface area contributed by atoms with Gasteiger partial charge in [0, 0.05) is 11.6 Å². The van der Waals surface area contributed by atoms with E-state index in [9.17, 15) is 0 Å². The summed E-state index contributed by atoms with van der Waals surface area (Å²) in [6, 6.07) is 11.1. The third kappa shape index (κ3) is 1.35. The second-order valence-corrected chi connectivity index (χ2v) is 5.69. The van der Waals surface area contributed by atoms with E-state index in [0.717, 1.165) is 11.4 Å². The molecule has 17 heavy (non-hydrogen) atoms. The van der Waals surface area contributed by atoms with Crippen LogP contribution in [0.15, 0.2) is 36.5 Å². The van der Waals surface area contributed by atoms with Crippen LogP contribution >= 0.6 is 0 Å². The van der Waals surface area contributed by atoms with Crippen molar-refractivity contribution in [3.05, 3.63) is 42.1 Å². The molecule has 0 saturated heterocycles. The van der Waals surface area contributed by atoms with Crippen LogP contribution in [0.1, 0.15) is 37.7 Å². The van der Waals surface area contributed by atoms with Crippen LogP contribution in [0.25, 0.3) is 10.9 Å². The molecule has 1 nitrogen and oxygen atoms in total. The maximum absolute atomic E-state index is 4.40. The minimum Gasteiger partial charge on any atom is -0.256 e. The van der Waals surface area contributed by atoms with Gasteiger partial charge in [0.25, 0.3) is 0 Å². The largest absolute Gasteiger partial charge is 0.256 e. The quantitative estimate of drug-likeness (QED) is 0.748. The lowest BCUT2D eigenvalue weighted by Crippen LogP contribution is -2.26. The molecule has 0 bridgehead atoms. The van der Waals surface area contributed by atoms with Gasteiger partial charge in [-0.05, 0) is 60.8 Å². The summed E-state index contributed by atoms with van der Waals surface area (Å²) in [7, 11) is 0. The number of benzene rings is 1. The molecule has 4 rings (SSSR count). The van der Waals surface area contributed by atoms with Crippen molar-refractivity contribution in [2.45, 2.75) is 37.5 Å². The van der Waals surface area contributed by atoms with Crippen molar-refractivity contribution in [3.63, 3.8) is 0 Å². The number of pyridine rings is 1. The average molecular weight is 223 g/mol. The second kappa shape index (κ2) is 3.32. The summed E-state index contributed by atoms with van der Waals surface area (Å²) < 4.78 is 0. The van der Waals surface area contributed by atoms with Crippen LogP contribution in [0.2, 0.25) is 0 Å². The van der Waals surface area contributed by atoms with Gasteiger partial charge in [-0.1, -0.05) is 18.6 Å². The summed E-state index contributed by atoms with van der Waals surface area (Å²) in [5.74, 6) is 0.969. The van der Waals surface area contributed by atoms with E-state index >= 15 is 0 Å². The molecule has 0 N–H and O–H groups in total. The number of hydrogen-bond acceptors (Lipinski definition) is 1. The summed E-state index contributed by atoms with van der Waals surface area (Å²) >= 11 is 0. The maximum atomic E-state index is 4.40. The van der Waals surface area contributed by atoms with Crippen molar-refractivity contribution in [2.24, 2.45) is 5.92 Å². The van der Waals surface area contributed by atoms with Crippen LogP contribution in [-0.2, 0) is 5.41 Å². The summed E-state index contributed by atoms with van der Waals surface area (Å²) in [5, 5.41) is 1.30. The monoisotopic (exact) mass is 223 g/mol. The fraction of sp³-hybridized carbons (Fsp3) is 0.438. The molecule has 2 fully saturated rings. The zero-order valence-corrected chi connectivity index (χ0v) is 10.0. The van der Waals surface area contributed by atoms with Crippen LogP contribution < -0.4 is 0 Å². The molecular formula is C16H17N. The van der Waals surface area contributed by atoms with Gasteiger partial charge >= 0.3 is 0 Å². The zero-order chi connectivity index (χ0) is 11.3. The molecular weight excluding hydrogens is 206 g/mol. The van der Waals surface area contributed by atoms with E-state index in [1.807, 2.05) is 12.3 Å². The van der Waals surface area contributed by atoms with E-state index in [1.165, 1.54) is 37.5 Å². The van der Waals surface area contributed by atoms with E-state index in [2.05, 4.69) is 29.2 Å². The Labute approximate surface area is 102 Å². The van der Waals surface area contributed by atoms with Crippen molar-refractivity contribution < 1.29 is 0 Å². The first kappa shape index (κ1) is 9.64. The number of fused-ring (bicyclic) bond motifs is 1. The highest BCUT2D eigenvalue weighted by molar-refractivity contribution is 5.79. The molecule has 2 saturated carbocycles. The smallest absolute Gasteiger partial charge is 0.0702 e. The molecule has 0 amide bonds. The van der Waals surface area contributed by atoms with Gasteiger partial charge < -0.3 is 0 Å². The standard InChI is InChI=1S/C16H17N/c1-4-13(5-1)16(8-9-16)14-6-7-15-12(11-14)3-2-10-17-15/h2-3,6-7,10-11,13H,1,4-5,8-9H2. The molecule has 0 unspecified atom stereocenters. The van der Waals surface area contributed by atoms with Crippen molar-refractivity contribution in [3.8, 4) is 0 Å². The lowest BCUT2D eigenvalue weighted by atomic mass is 9.70. The molecule has 0 radical (unpaired) electrons. The number of hydrogen-bond donors (Lipinski definition) is 0. The van der Waals surface area contributed by atoms with Gasteiger partial charge in [-0.15, -0.1) is 0 Å². The highest BCUT2D eigenvalue weighted by atomic mass is 14.6. The molecule has 2 aromatic rings. The summed E-state index contributed by atoms with van der Waals surface area (Å²) in [4.78, 5) is 4.40. The van der Waals surface area contributed by atoms with E-state index in [-0.39, 0.29) is 0 Å². The highest BCUT2D eigenvalue weighted by Crippen LogP contribution is 2.59. The first-order chi connectivity index (χ1) is 8.38. The van der Waals surface area contributed by atoms with Crippen LogP contribution in [0.3, 0.4) is 0 Å². The minimum atomic E-state index is 0.558. The Morgan fingerprint density at radius 1 is 1.12 bits per heavy atom. The second-order valence-electron chi connectivity index (χ2n) is 5.69. The van der Waals surface area contributed by atoms with E-state index in [4.69, 9.17) is 0 Å². The molecule has 1 heterocycles. The fourth-order valence-electron chi connectivity index (χ4n) is 3.41. The topological polar surface area (TPSA) is 12.9 Å². The third-order valence-corrected chi connectivity index (χ3v) is 4.85. The summed E-state index contributed by atoms with van der Waals surface area (Å²) in [6.07, 6.45) is 9.03. The van der Waals surface area contributed by atoms with Crippen LogP contribution in [0.4, 0.5) is 0 Å². The number of rotatable bonds is 2. The normalized spacial score (nSPS) is 22.4.